The Labute approximate surface area is 213 Å². The third kappa shape index (κ3) is 6.72. The smallest absolute Gasteiger partial charge is 0.387 e. The van der Waals surface area contributed by atoms with Crippen molar-refractivity contribution in [3.05, 3.63) is 53.3 Å². The Morgan fingerprint density at radius 1 is 1.14 bits per heavy atom. The van der Waals surface area contributed by atoms with Crippen LogP contribution in [0.2, 0.25) is 0 Å². The van der Waals surface area contributed by atoms with E-state index in [0.717, 1.165) is 18.4 Å². The molecule has 0 bridgehead atoms. The van der Waals surface area contributed by atoms with E-state index >= 15 is 0 Å². The SMILES string of the molecule is COC(=O)c1cccc(C(=O)NC[C@H]2CC(c3ccc(OC(F)F)c(OCC4CC4)c3)CN2C(C)=O)n1. The molecule has 4 rings (SSSR count). The van der Waals surface area contributed by atoms with Gasteiger partial charge in [-0.1, -0.05) is 12.1 Å². The quantitative estimate of drug-likeness (QED) is 0.482. The van der Waals surface area contributed by atoms with Crippen molar-refractivity contribution in [3.63, 3.8) is 0 Å². The maximum absolute atomic E-state index is 12.9. The predicted octanol–water partition coefficient (Wildman–Crippen LogP) is 3.39. The van der Waals surface area contributed by atoms with Crippen LogP contribution in [-0.2, 0) is 9.53 Å². The van der Waals surface area contributed by atoms with Gasteiger partial charge >= 0.3 is 12.6 Å². The molecule has 2 fully saturated rings. The van der Waals surface area contributed by atoms with Gasteiger partial charge in [-0.3, -0.25) is 9.59 Å². The average molecular weight is 518 g/mol. The van der Waals surface area contributed by atoms with Crippen molar-refractivity contribution in [2.24, 2.45) is 5.92 Å². The molecule has 1 unspecified atom stereocenters. The van der Waals surface area contributed by atoms with E-state index in [1.165, 1.54) is 38.3 Å². The second kappa shape index (κ2) is 11.5. The number of nitrogens with zero attached hydrogens (tertiary/aromatic N) is 2. The average Bonchev–Trinajstić information content (AvgIpc) is 3.62. The van der Waals surface area contributed by atoms with Gasteiger partial charge in [0.15, 0.2) is 11.5 Å². The molecule has 2 aromatic rings. The standard InChI is InChI=1S/C26H29F2N3O6/c1-15(32)31-13-18(17-8-9-22(37-26(27)28)23(11-17)36-14-16-6-7-16)10-19(31)12-29-24(33)20-4-3-5-21(30-20)25(34)35-2/h3-5,8-9,11,16,18-19,26H,6-7,10,12-14H2,1-2H3,(H,29,33)/t18?,19-/m1/s1. The van der Waals surface area contributed by atoms with Crippen LogP contribution in [0.15, 0.2) is 36.4 Å². The molecule has 37 heavy (non-hydrogen) atoms. The molecule has 1 aromatic carbocycles. The highest BCUT2D eigenvalue weighted by Gasteiger charge is 2.35. The minimum atomic E-state index is -2.97. The lowest BCUT2D eigenvalue weighted by atomic mass is 9.96. The van der Waals surface area contributed by atoms with Crippen LogP contribution in [-0.4, -0.2) is 67.1 Å². The number of aromatic nitrogens is 1. The topological polar surface area (TPSA) is 107 Å². The van der Waals surface area contributed by atoms with Gasteiger partial charge < -0.3 is 24.4 Å². The summed E-state index contributed by atoms with van der Waals surface area (Å²) in [6.45, 7) is -0.487. The second-order valence-corrected chi connectivity index (χ2v) is 9.21. The van der Waals surface area contributed by atoms with Gasteiger partial charge in [-0.25, -0.2) is 9.78 Å². The van der Waals surface area contributed by atoms with Gasteiger partial charge in [-0.2, -0.15) is 8.78 Å². The number of rotatable bonds is 10. The molecule has 1 saturated heterocycles. The van der Waals surface area contributed by atoms with Gasteiger partial charge in [0.25, 0.3) is 5.91 Å². The van der Waals surface area contributed by atoms with E-state index in [-0.39, 0.29) is 47.3 Å². The molecular weight excluding hydrogens is 488 g/mol. The largest absolute Gasteiger partial charge is 0.489 e. The van der Waals surface area contributed by atoms with Crippen molar-refractivity contribution in [1.82, 2.24) is 15.2 Å². The number of benzene rings is 1. The zero-order valence-electron chi connectivity index (χ0n) is 20.6. The Morgan fingerprint density at radius 2 is 1.89 bits per heavy atom. The maximum Gasteiger partial charge on any atom is 0.387 e. The van der Waals surface area contributed by atoms with Crippen LogP contribution in [0.25, 0.3) is 0 Å². The monoisotopic (exact) mass is 517 g/mol. The first kappa shape index (κ1) is 26.3. The summed E-state index contributed by atoms with van der Waals surface area (Å²) in [7, 11) is 1.23. The van der Waals surface area contributed by atoms with Crippen LogP contribution >= 0.6 is 0 Å². The fraction of sp³-hybridized carbons (Fsp3) is 0.462. The van der Waals surface area contributed by atoms with Crippen LogP contribution < -0.4 is 14.8 Å². The molecule has 11 heteroatoms. The number of halogens is 2. The number of pyridine rings is 1. The molecule has 2 aliphatic rings. The molecular formula is C26H29F2N3O6. The van der Waals surface area contributed by atoms with Gasteiger partial charge in [0.05, 0.1) is 13.7 Å². The second-order valence-electron chi connectivity index (χ2n) is 9.21. The summed E-state index contributed by atoms with van der Waals surface area (Å²) in [5.41, 5.74) is 0.902. The minimum absolute atomic E-state index is 0.0143. The number of amides is 2. The Balaban J connectivity index is 1.45. The summed E-state index contributed by atoms with van der Waals surface area (Å²) >= 11 is 0. The first-order valence-electron chi connectivity index (χ1n) is 12.1. The Bertz CT molecular complexity index is 1160. The van der Waals surface area contributed by atoms with Gasteiger partial charge in [0.2, 0.25) is 5.91 Å². The van der Waals surface area contributed by atoms with Crippen LogP contribution in [0.3, 0.4) is 0 Å². The first-order valence-corrected chi connectivity index (χ1v) is 12.1. The van der Waals surface area contributed by atoms with Gasteiger partial charge in [-0.05, 0) is 55.0 Å². The van der Waals surface area contributed by atoms with Gasteiger partial charge in [0, 0.05) is 32.0 Å². The number of nitrogens with one attached hydrogen (secondary N) is 1. The number of methoxy groups -OCH3 is 1. The molecule has 2 amide bonds. The van der Waals surface area contributed by atoms with Crippen molar-refractivity contribution in [2.75, 3.05) is 26.8 Å². The number of hydrogen-bond donors (Lipinski definition) is 1. The van der Waals surface area contributed by atoms with Gasteiger partial charge in [0.1, 0.15) is 11.4 Å². The van der Waals surface area contributed by atoms with E-state index in [1.54, 1.807) is 17.0 Å². The number of hydrogen-bond acceptors (Lipinski definition) is 7. The molecule has 1 aliphatic heterocycles. The summed E-state index contributed by atoms with van der Waals surface area (Å²) in [4.78, 5) is 42.4. The Hall–Kier alpha value is -3.76. The molecule has 2 atom stereocenters. The summed E-state index contributed by atoms with van der Waals surface area (Å²) in [5, 5.41) is 2.79. The zero-order valence-corrected chi connectivity index (χ0v) is 20.6. The summed E-state index contributed by atoms with van der Waals surface area (Å²) in [6.07, 6.45) is 2.65. The number of alkyl halides is 2. The molecule has 1 saturated carbocycles. The molecule has 2 heterocycles. The molecule has 9 nitrogen and oxygen atoms in total. The normalized spacial score (nSPS) is 19.0. The Kier molecular flexibility index (Phi) is 8.20. The molecule has 1 aromatic heterocycles. The molecule has 0 radical (unpaired) electrons. The lowest BCUT2D eigenvalue weighted by Crippen LogP contribution is -2.42. The van der Waals surface area contributed by atoms with E-state index in [0.29, 0.717) is 25.5 Å². The molecule has 0 spiro atoms. The van der Waals surface area contributed by atoms with Crippen LogP contribution in [0.4, 0.5) is 8.78 Å². The van der Waals surface area contributed by atoms with E-state index in [9.17, 15) is 23.2 Å². The van der Waals surface area contributed by atoms with Gasteiger partial charge in [-0.15, -0.1) is 0 Å². The number of ether oxygens (including phenoxy) is 3. The highest BCUT2D eigenvalue weighted by Crippen LogP contribution is 2.38. The third-order valence-corrected chi connectivity index (χ3v) is 6.52. The Morgan fingerprint density at radius 3 is 2.57 bits per heavy atom. The molecule has 198 valence electrons. The highest BCUT2D eigenvalue weighted by atomic mass is 19.3. The van der Waals surface area contributed by atoms with E-state index < -0.39 is 18.5 Å². The molecule has 1 aliphatic carbocycles. The number of esters is 1. The van der Waals surface area contributed by atoms with Crippen molar-refractivity contribution in [1.29, 1.82) is 0 Å². The fourth-order valence-corrected chi connectivity index (χ4v) is 4.39. The van der Waals surface area contributed by atoms with Crippen LogP contribution in [0.1, 0.15) is 58.6 Å². The van der Waals surface area contributed by atoms with E-state index in [1.807, 2.05) is 0 Å². The van der Waals surface area contributed by atoms with Crippen molar-refractivity contribution >= 4 is 17.8 Å². The summed E-state index contributed by atoms with van der Waals surface area (Å²) < 4.78 is 40.8. The lowest BCUT2D eigenvalue weighted by Gasteiger charge is -2.23. The van der Waals surface area contributed by atoms with Crippen molar-refractivity contribution < 1.29 is 37.4 Å². The van der Waals surface area contributed by atoms with Crippen LogP contribution in [0, 0.1) is 5.92 Å². The fourth-order valence-electron chi connectivity index (χ4n) is 4.39. The third-order valence-electron chi connectivity index (χ3n) is 6.52. The first-order chi connectivity index (χ1) is 17.7. The maximum atomic E-state index is 12.9. The summed E-state index contributed by atoms with van der Waals surface area (Å²) in [6, 6.07) is 9.04. The highest BCUT2D eigenvalue weighted by molar-refractivity contribution is 5.94. The van der Waals surface area contributed by atoms with Crippen molar-refractivity contribution in [3.8, 4) is 11.5 Å². The van der Waals surface area contributed by atoms with Crippen molar-refractivity contribution in [2.45, 2.75) is 44.8 Å². The van der Waals surface area contributed by atoms with Crippen LogP contribution in [0.5, 0.6) is 11.5 Å². The number of likely N-dealkylation sites (tertiary alicyclic amines) is 1. The number of carbonyl (C=O) groups excluding carboxylic acids is 3. The number of carbonyl (C=O) groups is 3. The molecule has 1 N–H and O–H groups in total. The zero-order chi connectivity index (χ0) is 26.5. The van der Waals surface area contributed by atoms with E-state index in [4.69, 9.17) is 4.74 Å². The lowest BCUT2D eigenvalue weighted by molar-refractivity contribution is -0.129. The summed E-state index contributed by atoms with van der Waals surface area (Å²) in [5.74, 6) is -0.702. The predicted molar refractivity (Wildman–Crippen MR) is 128 cm³/mol. The minimum Gasteiger partial charge on any atom is -0.489 e. The van der Waals surface area contributed by atoms with E-state index in [2.05, 4.69) is 19.8 Å².